The molecule has 1 atom stereocenters. The number of halogens is 1. The van der Waals surface area contributed by atoms with E-state index in [9.17, 15) is 9.59 Å². The van der Waals surface area contributed by atoms with Gasteiger partial charge in [0, 0.05) is 24.5 Å². The number of hydrogen-bond donors (Lipinski definition) is 1. The number of carbonyl (C=O) groups excluding carboxylic acids is 1. The predicted molar refractivity (Wildman–Crippen MR) is 118 cm³/mol. The number of carbonyl (C=O) groups is 1. The lowest BCUT2D eigenvalue weighted by Crippen LogP contribution is -2.37. The number of nitrogens with zero attached hydrogens (tertiary/aromatic N) is 2. The van der Waals surface area contributed by atoms with Crippen molar-refractivity contribution < 1.29 is 9.21 Å². The minimum absolute atomic E-state index is 0.0212. The van der Waals surface area contributed by atoms with Crippen LogP contribution in [0.3, 0.4) is 0 Å². The Morgan fingerprint density at radius 2 is 1.83 bits per heavy atom. The number of benzene rings is 2. The normalized spacial score (nSPS) is 15.5. The lowest BCUT2D eigenvalue weighted by molar-refractivity contribution is -0.121. The molecule has 1 aromatic heterocycles. The van der Waals surface area contributed by atoms with Crippen molar-refractivity contribution in [2.24, 2.45) is 0 Å². The van der Waals surface area contributed by atoms with Gasteiger partial charge in [-0.1, -0.05) is 41.9 Å². The fraction of sp³-hybridized carbons (Fsp3) is 0.391. The summed E-state index contributed by atoms with van der Waals surface area (Å²) in [4.78, 5) is 26.9. The van der Waals surface area contributed by atoms with Crippen molar-refractivity contribution in [3.63, 3.8) is 0 Å². The molecule has 0 aliphatic carbocycles. The lowest BCUT2D eigenvalue weighted by Gasteiger charge is -2.29. The Kier molecular flexibility index (Phi) is 6.55. The van der Waals surface area contributed by atoms with E-state index >= 15 is 0 Å². The zero-order chi connectivity index (χ0) is 20.9. The maximum Gasteiger partial charge on any atom is 0.419 e. The van der Waals surface area contributed by atoms with E-state index < -0.39 is 0 Å². The van der Waals surface area contributed by atoms with Gasteiger partial charge in [0.25, 0.3) is 0 Å². The third-order valence-electron chi connectivity index (χ3n) is 5.70. The highest BCUT2D eigenvalue weighted by molar-refractivity contribution is 6.31. The lowest BCUT2D eigenvalue weighted by atomic mass is 10.1. The molecule has 1 amide bonds. The Morgan fingerprint density at radius 1 is 1.10 bits per heavy atom. The highest BCUT2D eigenvalue weighted by Gasteiger charge is 2.25. The summed E-state index contributed by atoms with van der Waals surface area (Å²) in [7, 11) is 0. The van der Waals surface area contributed by atoms with Gasteiger partial charge in [-0.25, -0.2) is 4.79 Å². The van der Waals surface area contributed by atoms with Gasteiger partial charge >= 0.3 is 5.76 Å². The maximum absolute atomic E-state index is 12.5. The van der Waals surface area contributed by atoms with Gasteiger partial charge < -0.3 is 9.73 Å². The van der Waals surface area contributed by atoms with Crippen LogP contribution in [0.2, 0.25) is 5.02 Å². The summed E-state index contributed by atoms with van der Waals surface area (Å²) in [6, 6.07) is 15.2. The fourth-order valence-electron chi connectivity index (χ4n) is 4.16. The summed E-state index contributed by atoms with van der Waals surface area (Å²) < 4.78 is 6.82. The van der Waals surface area contributed by atoms with E-state index in [4.69, 9.17) is 16.0 Å². The summed E-state index contributed by atoms with van der Waals surface area (Å²) in [6.45, 7) is 3.00. The monoisotopic (exact) mass is 427 g/mol. The molecular formula is C23H26ClN3O3. The van der Waals surface area contributed by atoms with Crippen LogP contribution in [0.25, 0.3) is 11.1 Å². The summed E-state index contributed by atoms with van der Waals surface area (Å²) in [5.41, 5.74) is 2.38. The number of amides is 1. The molecule has 1 aliphatic heterocycles. The summed E-state index contributed by atoms with van der Waals surface area (Å²) in [5, 5.41) is 3.80. The van der Waals surface area contributed by atoms with E-state index in [2.05, 4.69) is 10.2 Å². The number of nitrogens with one attached hydrogen (secondary N) is 1. The molecule has 2 heterocycles. The topological polar surface area (TPSA) is 67.5 Å². The van der Waals surface area contributed by atoms with Gasteiger partial charge in [0.2, 0.25) is 5.91 Å². The van der Waals surface area contributed by atoms with Crippen molar-refractivity contribution in [1.82, 2.24) is 14.8 Å². The Morgan fingerprint density at radius 3 is 2.63 bits per heavy atom. The average Bonchev–Trinajstić information content (AvgIpc) is 3.38. The van der Waals surface area contributed by atoms with Gasteiger partial charge in [0.15, 0.2) is 5.58 Å². The van der Waals surface area contributed by atoms with Crippen LogP contribution >= 0.6 is 11.6 Å². The molecule has 7 heteroatoms. The largest absolute Gasteiger partial charge is 0.419 e. The van der Waals surface area contributed by atoms with Crippen LogP contribution in [0.4, 0.5) is 0 Å². The number of para-hydroxylation sites is 2. The molecule has 1 aliphatic rings. The van der Waals surface area contributed by atoms with Crippen molar-refractivity contribution in [2.45, 2.75) is 38.3 Å². The molecule has 0 radical (unpaired) electrons. The van der Waals surface area contributed by atoms with Crippen molar-refractivity contribution in [3.05, 3.63) is 69.7 Å². The molecule has 2 aromatic carbocycles. The third-order valence-corrected chi connectivity index (χ3v) is 6.04. The number of likely N-dealkylation sites (tertiary alicyclic amines) is 1. The molecule has 1 N–H and O–H groups in total. The van der Waals surface area contributed by atoms with Crippen LogP contribution in [-0.2, 0) is 11.3 Å². The zero-order valence-electron chi connectivity index (χ0n) is 16.9. The maximum atomic E-state index is 12.5. The van der Waals surface area contributed by atoms with Gasteiger partial charge in [0.05, 0.1) is 11.6 Å². The first-order valence-electron chi connectivity index (χ1n) is 10.5. The molecular weight excluding hydrogens is 402 g/mol. The van der Waals surface area contributed by atoms with E-state index in [1.165, 1.54) is 12.8 Å². The van der Waals surface area contributed by atoms with Crippen LogP contribution < -0.4 is 11.1 Å². The van der Waals surface area contributed by atoms with Crippen molar-refractivity contribution >= 4 is 28.6 Å². The van der Waals surface area contributed by atoms with Gasteiger partial charge in [-0.3, -0.25) is 14.3 Å². The van der Waals surface area contributed by atoms with Crippen LogP contribution in [0.15, 0.2) is 57.7 Å². The number of aromatic nitrogens is 1. The number of hydrogen-bond acceptors (Lipinski definition) is 4. The van der Waals surface area contributed by atoms with Gasteiger partial charge in [-0.2, -0.15) is 0 Å². The molecule has 1 unspecified atom stereocenters. The van der Waals surface area contributed by atoms with Gasteiger partial charge in [-0.15, -0.1) is 0 Å². The molecule has 4 rings (SSSR count). The van der Waals surface area contributed by atoms with E-state index in [1.54, 1.807) is 10.6 Å². The van der Waals surface area contributed by atoms with E-state index in [0.717, 1.165) is 29.2 Å². The quantitative estimate of drug-likeness (QED) is 0.590. The summed E-state index contributed by atoms with van der Waals surface area (Å²) >= 11 is 6.44. The predicted octanol–water partition coefficient (Wildman–Crippen LogP) is 3.98. The number of aryl methyl sites for hydroxylation is 1. The molecule has 6 nitrogen and oxygen atoms in total. The highest BCUT2D eigenvalue weighted by atomic mass is 35.5. The standard InChI is InChI=1S/C23H26ClN3O3/c24-18-9-2-1-8-17(18)20(26-13-5-6-14-26)16-25-22(28)12-7-15-27-19-10-3-4-11-21(19)30-23(27)29/h1-4,8-11,20H,5-7,12-16H2,(H,25,28). The Labute approximate surface area is 180 Å². The second-order valence-electron chi connectivity index (χ2n) is 7.68. The molecule has 1 saturated heterocycles. The molecule has 30 heavy (non-hydrogen) atoms. The number of rotatable bonds is 8. The minimum Gasteiger partial charge on any atom is -0.408 e. The molecule has 0 saturated carbocycles. The summed E-state index contributed by atoms with van der Waals surface area (Å²) in [6.07, 6.45) is 3.25. The minimum atomic E-state index is -0.385. The smallest absolute Gasteiger partial charge is 0.408 e. The SMILES string of the molecule is O=C(CCCn1c(=O)oc2ccccc21)NCC(c1ccccc1Cl)N1CCCC1. The van der Waals surface area contributed by atoms with Crippen molar-refractivity contribution in [1.29, 1.82) is 0 Å². The highest BCUT2D eigenvalue weighted by Crippen LogP contribution is 2.29. The van der Waals surface area contributed by atoms with E-state index in [0.29, 0.717) is 31.5 Å². The first kappa shape index (κ1) is 20.7. The van der Waals surface area contributed by atoms with Crippen LogP contribution in [0.5, 0.6) is 0 Å². The van der Waals surface area contributed by atoms with Crippen molar-refractivity contribution in [2.75, 3.05) is 19.6 Å². The van der Waals surface area contributed by atoms with E-state index in [1.807, 2.05) is 42.5 Å². The van der Waals surface area contributed by atoms with Crippen molar-refractivity contribution in [3.8, 4) is 0 Å². The number of fused-ring (bicyclic) bond motifs is 1. The van der Waals surface area contributed by atoms with Crippen LogP contribution in [0, 0.1) is 0 Å². The molecule has 1 fully saturated rings. The molecule has 0 spiro atoms. The first-order valence-corrected chi connectivity index (χ1v) is 10.8. The molecule has 158 valence electrons. The fourth-order valence-corrected chi connectivity index (χ4v) is 4.42. The van der Waals surface area contributed by atoms with Gasteiger partial charge in [0.1, 0.15) is 0 Å². The average molecular weight is 428 g/mol. The Bertz CT molecular complexity index is 1070. The third kappa shape index (κ3) is 4.60. The second-order valence-corrected chi connectivity index (χ2v) is 8.08. The number of oxazole rings is 1. The van der Waals surface area contributed by atoms with Crippen LogP contribution in [-0.4, -0.2) is 35.0 Å². The Balaban J connectivity index is 1.34. The van der Waals surface area contributed by atoms with Crippen LogP contribution in [0.1, 0.15) is 37.3 Å². The van der Waals surface area contributed by atoms with Gasteiger partial charge in [-0.05, 0) is 56.1 Å². The second kappa shape index (κ2) is 9.49. The zero-order valence-corrected chi connectivity index (χ0v) is 17.6. The Hall–Kier alpha value is -2.57. The summed E-state index contributed by atoms with van der Waals surface area (Å²) in [5.74, 6) is -0.406. The first-order chi connectivity index (χ1) is 14.6. The molecule has 0 bridgehead atoms. The van der Waals surface area contributed by atoms with E-state index in [-0.39, 0.29) is 17.7 Å². The molecule has 3 aromatic rings.